The fourth-order valence-electron chi connectivity index (χ4n) is 2.35. The van der Waals surface area contributed by atoms with Gasteiger partial charge in [-0.1, -0.05) is 50.1 Å². The lowest BCUT2D eigenvalue weighted by Crippen LogP contribution is -2.52. The van der Waals surface area contributed by atoms with Gasteiger partial charge in [-0.25, -0.2) is 5.43 Å². The predicted octanol–water partition coefficient (Wildman–Crippen LogP) is 2.36. The third-order valence-corrected chi connectivity index (χ3v) is 4.05. The fraction of sp³-hybridized carbons (Fsp3) is 0.471. The van der Waals surface area contributed by atoms with Gasteiger partial charge in [0.05, 0.1) is 6.61 Å². The smallest absolute Gasteiger partial charge is 0.254 e. The standard InChI is InChI=1S/C17H23N3O3S/c1-2-3-7-12-23-20(13-21)19-16(24)18-17(10-11-17)15(22)14-8-5-4-6-9-14/h4-6,8-9,13H,2-3,7,10-12H2,1H3,(H2,18,19,24). The summed E-state index contributed by atoms with van der Waals surface area (Å²) in [7, 11) is 0. The van der Waals surface area contributed by atoms with E-state index in [9.17, 15) is 9.59 Å². The minimum Gasteiger partial charge on any atom is -0.348 e. The molecule has 130 valence electrons. The summed E-state index contributed by atoms with van der Waals surface area (Å²) in [6.45, 7) is 2.52. The van der Waals surface area contributed by atoms with Crippen molar-refractivity contribution in [1.82, 2.24) is 15.9 Å². The van der Waals surface area contributed by atoms with E-state index in [4.69, 9.17) is 17.1 Å². The number of carbonyl (C=O) groups excluding carboxylic acids is 2. The van der Waals surface area contributed by atoms with Crippen molar-refractivity contribution in [1.29, 1.82) is 0 Å². The second-order valence-electron chi connectivity index (χ2n) is 5.81. The summed E-state index contributed by atoms with van der Waals surface area (Å²) >= 11 is 5.20. The number of nitrogens with zero attached hydrogens (tertiary/aromatic N) is 1. The summed E-state index contributed by atoms with van der Waals surface area (Å²) in [6.07, 6.45) is 4.89. The summed E-state index contributed by atoms with van der Waals surface area (Å²) in [4.78, 5) is 28.9. The highest BCUT2D eigenvalue weighted by Crippen LogP contribution is 2.38. The fourth-order valence-corrected chi connectivity index (χ4v) is 2.63. The number of hydrogen-bond acceptors (Lipinski definition) is 4. The summed E-state index contributed by atoms with van der Waals surface area (Å²) < 4.78 is 0. The summed E-state index contributed by atoms with van der Waals surface area (Å²) in [6, 6.07) is 9.11. The van der Waals surface area contributed by atoms with Gasteiger partial charge in [-0.05, 0) is 31.5 Å². The Labute approximate surface area is 147 Å². The van der Waals surface area contributed by atoms with Gasteiger partial charge in [0, 0.05) is 5.56 Å². The lowest BCUT2D eigenvalue weighted by molar-refractivity contribution is -0.184. The van der Waals surface area contributed by atoms with E-state index < -0.39 is 5.54 Å². The number of rotatable bonds is 10. The molecule has 0 spiro atoms. The molecule has 2 N–H and O–H groups in total. The second-order valence-corrected chi connectivity index (χ2v) is 6.22. The van der Waals surface area contributed by atoms with E-state index in [1.54, 1.807) is 12.1 Å². The molecule has 7 heteroatoms. The van der Waals surface area contributed by atoms with Gasteiger partial charge in [0.15, 0.2) is 10.9 Å². The van der Waals surface area contributed by atoms with E-state index in [0.29, 0.717) is 31.4 Å². The van der Waals surface area contributed by atoms with Crippen molar-refractivity contribution in [2.45, 2.75) is 44.6 Å². The molecule has 0 unspecified atom stereocenters. The van der Waals surface area contributed by atoms with Crippen LogP contribution in [-0.4, -0.2) is 34.6 Å². The van der Waals surface area contributed by atoms with Crippen LogP contribution in [0.1, 0.15) is 49.4 Å². The number of thiocarbonyl (C=S) groups is 1. The molecule has 0 atom stereocenters. The molecule has 0 heterocycles. The quantitative estimate of drug-likeness (QED) is 0.222. The van der Waals surface area contributed by atoms with Gasteiger partial charge in [0.1, 0.15) is 5.54 Å². The van der Waals surface area contributed by atoms with Gasteiger partial charge in [-0.3, -0.25) is 14.4 Å². The Morgan fingerprint density at radius 2 is 2.04 bits per heavy atom. The minimum absolute atomic E-state index is 0.00812. The lowest BCUT2D eigenvalue weighted by Gasteiger charge is -2.23. The number of ketones is 1. The Hall–Kier alpha value is -1.99. The summed E-state index contributed by atoms with van der Waals surface area (Å²) in [5, 5.41) is 4.15. The maximum atomic E-state index is 12.6. The van der Waals surface area contributed by atoms with E-state index in [2.05, 4.69) is 17.7 Å². The van der Waals surface area contributed by atoms with Crippen LogP contribution >= 0.6 is 12.2 Å². The first kappa shape index (κ1) is 18.4. The monoisotopic (exact) mass is 349 g/mol. The highest BCUT2D eigenvalue weighted by atomic mass is 32.1. The molecule has 1 saturated carbocycles. The van der Waals surface area contributed by atoms with E-state index in [-0.39, 0.29) is 10.9 Å². The zero-order valence-corrected chi connectivity index (χ0v) is 14.6. The van der Waals surface area contributed by atoms with Crippen molar-refractivity contribution in [3.05, 3.63) is 35.9 Å². The molecule has 0 aliphatic heterocycles. The topological polar surface area (TPSA) is 70.7 Å². The molecule has 0 bridgehead atoms. The molecule has 1 aliphatic rings. The molecule has 1 aromatic carbocycles. The minimum atomic E-state index is -0.678. The van der Waals surface area contributed by atoms with Crippen LogP contribution in [-0.2, 0) is 9.63 Å². The van der Waals surface area contributed by atoms with Crippen LogP contribution in [0.2, 0.25) is 0 Å². The van der Waals surface area contributed by atoms with E-state index in [1.807, 2.05) is 18.2 Å². The lowest BCUT2D eigenvalue weighted by atomic mass is 10.0. The van der Waals surface area contributed by atoms with E-state index in [0.717, 1.165) is 24.4 Å². The van der Waals surface area contributed by atoms with Crippen molar-refractivity contribution in [3.8, 4) is 0 Å². The largest absolute Gasteiger partial charge is 0.348 e. The number of amides is 1. The summed E-state index contributed by atoms with van der Waals surface area (Å²) in [5.74, 6) is 0.00812. The highest BCUT2D eigenvalue weighted by Gasteiger charge is 2.50. The molecule has 6 nitrogen and oxygen atoms in total. The number of hydrazine groups is 1. The third-order valence-electron chi connectivity index (χ3n) is 3.86. The molecule has 0 radical (unpaired) electrons. The van der Waals surface area contributed by atoms with Crippen LogP contribution in [0.25, 0.3) is 0 Å². The maximum Gasteiger partial charge on any atom is 0.254 e. The van der Waals surface area contributed by atoms with Crippen LogP contribution in [0.5, 0.6) is 0 Å². The zero-order chi connectivity index (χ0) is 17.4. The molecule has 1 fully saturated rings. The number of Topliss-reactive ketones (excluding diaryl/α,β-unsaturated/α-hetero) is 1. The molecule has 2 rings (SSSR count). The van der Waals surface area contributed by atoms with Gasteiger partial charge in [-0.15, -0.1) is 5.17 Å². The Morgan fingerprint density at radius 1 is 1.33 bits per heavy atom. The number of unbranched alkanes of at least 4 members (excludes halogenated alkanes) is 2. The molecular weight excluding hydrogens is 326 g/mol. The summed E-state index contributed by atoms with van der Waals surface area (Å²) in [5.41, 5.74) is 2.63. The number of nitrogens with one attached hydrogen (secondary N) is 2. The predicted molar refractivity (Wildman–Crippen MR) is 95.0 cm³/mol. The average Bonchev–Trinajstić information content (AvgIpc) is 3.38. The molecular formula is C17H23N3O3S. The van der Waals surface area contributed by atoms with Crippen LogP contribution in [0.15, 0.2) is 30.3 Å². The maximum absolute atomic E-state index is 12.6. The SMILES string of the molecule is CCCCCON(C=O)NC(=S)NC1(C(=O)c2ccccc2)CC1. The first-order valence-corrected chi connectivity index (χ1v) is 8.58. The molecule has 1 amide bonds. The van der Waals surface area contributed by atoms with Crippen LogP contribution in [0.3, 0.4) is 0 Å². The van der Waals surface area contributed by atoms with Gasteiger partial charge in [0.2, 0.25) is 0 Å². The molecule has 24 heavy (non-hydrogen) atoms. The molecule has 0 saturated heterocycles. The Balaban J connectivity index is 1.84. The van der Waals surface area contributed by atoms with E-state index in [1.165, 1.54) is 0 Å². The van der Waals surface area contributed by atoms with Crippen molar-refractivity contribution < 1.29 is 14.4 Å². The number of hydroxylamine groups is 1. The van der Waals surface area contributed by atoms with Crippen LogP contribution < -0.4 is 10.7 Å². The molecule has 1 aromatic rings. The number of benzene rings is 1. The van der Waals surface area contributed by atoms with Crippen molar-refractivity contribution in [2.75, 3.05) is 6.61 Å². The number of carbonyl (C=O) groups is 2. The van der Waals surface area contributed by atoms with Crippen molar-refractivity contribution >= 4 is 29.5 Å². The van der Waals surface area contributed by atoms with Crippen LogP contribution in [0, 0.1) is 0 Å². The Bertz CT molecular complexity index is 576. The second kappa shape index (κ2) is 8.75. The zero-order valence-electron chi connectivity index (χ0n) is 13.8. The first-order chi connectivity index (χ1) is 11.6. The van der Waals surface area contributed by atoms with Gasteiger partial charge in [-0.2, -0.15) is 0 Å². The van der Waals surface area contributed by atoms with Gasteiger partial charge < -0.3 is 5.32 Å². The van der Waals surface area contributed by atoms with Crippen molar-refractivity contribution in [3.63, 3.8) is 0 Å². The first-order valence-electron chi connectivity index (χ1n) is 8.17. The van der Waals surface area contributed by atoms with Crippen molar-refractivity contribution in [2.24, 2.45) is 0 Å². The molecule has 1 aliphatic carbocycles. The Kier molecular flexibility index (Phi) is 6.69. The normalized spacial score (nSPS) is 14.5. The highest BCUT2D eigenvalue weighted by molar-refractivity contribution is 7.80. The third kappa shape index (κ3) is 5.01. The molecule has 0 aromatic heterocycles. The van der Waals surface area contributed by atoms with Gasteiger partial charge in [0.25, 0.3) is 6.41 Å². The Morgan fingerprint density at radius 3 is 2.62 bits per heavy atom. The number of hydrogen-bond donors (Lipinski definition) is 2. The average molecular weight is 349 g/mol. The van der Waals surface area contributed by atoms with Crippen LogP contribution in [0.4, 0.5) is 0 Å². The van der Waals surface area contributed by atoms with Gasteiger partial charge >= 0.3 is 0 Å². The van der Waals surface area contributed by atoms with E-state index >= 15 is 0 Å².